The van der Waals surface area contributed by atoms with E-state index < -0.39 is 0 Å². The summed E-state index contributed by atoms with van der Waals surface area (Å²) in [6.45, 7) is 2.36. The summed E-state index contributed by atoms with van der Waals surface area (Å²) in [6, 6.07) is 0. The lowest BCUT2D eigenvalue weighted by molar-refractivity contribution is -0.144. The van der Waals surface area contributed by atoms with E-state index in [1.54, 1.807) is 0 Å². The summed E-state index contributed by atoms with van der Waals surface area (Å²) in [5, 5.41) is 0. The molecule has 1 rings (SSSR count). The van der Waals surface area contributed by atoms with Crippen molar-refractivity contribution in [2.24, 2.45) is 5.92 Å². The summed E-state index contributed by atoms with van der Waals surface area (Å²) in [7, 11) is 0. The number of carbonyl (C=O) groups is 1. The summed E-state index contributed by atoms with van der Waals surface area (Å²) in [5.74, 6) is 0.252. The van der Waals surface area contributed by atoms with Gasteiger partial charge in [0, 0.05) is 0 Å². The van der Waals surface area contributed by atoms with Crippen LogP contribution in [0.5, 0.6) is 0 Å². The average Bonchev–Trinajstić information content (AvgIpc) is 2.45. The van der Waals surface area contributed by atoms with Gasteiger partial charge >= 0.3 is 5.97 Å². The number of hydrogen-bond donors (Lipinski definition) is 1. The van der Waals surface area contributed by atoms with Gasteiger partial charge in [-0.1, -0.05) is 0 Å². The van der Waals surface area contributed by atoms with Crippen LogP contribution in [0.4, 0.5) is 0 Å². The van der Waals surface area contributed by atoms with Crippen LogP contribution in [-0.4, -0.2) is 12.6 Å². The second-order valence-corrected chi connectivity index (χ2v) is 2.03. The molecular formula is C6H14ClNO2. The van der Waals surface area contributed by atoms with Gasteiger partial charge < -0.3 is 10.9 Å². The first-order chi connectivity index (χ1) is 3.84. The molecule has 3 nitrogen and oxygen atoms in total. The van der Waals surface area contributed by atoms with Crippen molar-refractivity contribution < 1.29 is 9.53 Å². The van der Waals surface area contributed by atoms with Crippen molar-refractivity contribution >= 4 is 18.4 Å². The fourth-order valence-electron chi connectivity index (χ4n) is 0.579. The van der Waals surface area contributed by atoms with Gasteiger partial charge in [0.05, 0.1) is 12.5 Å². The molecule has 0 amide bonds. The fraction of sp³-hybridized carbons (Fsp3) is 0.833. The predicted octanol–water partition coefficient (Wildman–Crippen LogP) is 1.54. The van der Waals surface area contributed by atoms with E-state index in [-0.39, 0.29) is 30.4 Å². The average molecular weight is 168 g/mol. The highest BCUT2D eigenvalue weighted by molar-refractivity contribution is 5.85. The van der Waals surface area contributed by atoms with Crippen LogP contribution in [0.25, 0.3) is 0 Å². The lowest BCUT2D eigenvalue weighted by atomic mass is 10.4. The van der Waals surface area contributed by atoms with Crippen LogP contribution in [0.1, 0.15) is 19.8 Å². The molecule has 4 heteroatoms. The van der Waals surface area contributed by atoms with Gasteiger partial charge in [-0.25, -0.2) is 0 Å². The minimum atomic E-state index is -0.00694. The van der Waals surface area contributed by atoms with Gasteiger partial charge in [-0.2, -0.15) is 0 Å². The Kier molecular flexibility index (Phi) is 6.82. The molecule has 0 aromatic carbocycles. The third-order valence-corrected chi connectivity index (χ3v) is 1.20. The molecule has 1 aliphatic carbocycles. The van der Waals surface area contributed by atoms with Gasteiger partial charge in [0.15, 0.2) is 0 Å². The number of esters is 1. The maximum atomic E-state index is 10.6. The van der Waals surface area contributed by atoms with Crippen molar-refractivity contribution in [1.82, 2.24) is 6.15 Å². The van der Waals surface area contributed by atoms with Gasteiger partial charge in [-0.3, -0.25) is 4.79 Å². The second kappa shape index (κ2) is 5.50. The Labute approximate surface area is 67.1 Å². The van der Waals surface area contributed by atoms with Crippen LogP contribution >= 0.6 is 12.4 Å². The molecule has 0 saturated heterocycles. The van der Waals surface area contributed by atoms with E-state index in [0.717, 1.165) is 12.8 Å². The zero-order chi connectivity index (χ0) is 5.98. The molecule has 62 valence electrons. The van der Waals surface area contributed by atoms with Crippen LogP contribution in [-0.2, 0) is 9.53 Å². The van der Waals surface area contributed by atoms with E-state index >= 15 is 0 Å². The van der Waals surface area contributed by atoms with E-state index in [0.29, 0.717) is 6.61 Å². The lowest BCUT2D eigenvalue weighted by Gasteiger charge is -1.95. The number of halogens is 1. The van der Waals surface area contributed by atoms with E-state index in [1.165, 1.54) is 0 Å². The molecular weight excluding hydrogens is 154 g/mol. The maximum absolute atomic E-state index is 10.6. The second-order valence-electron chi connectivity index (χ2n) is 2.03. The summed E-state index contributed by atoms with van der Waals surface area (Å²) >= 11 is 0. The van der Waals surface area contributed by atoms with E-state index in [1.807, 2.05) is 6.92 Å². The molecule has 1 saturated carbocycles. The molecule has 0 bridgehead atoms. The third kappa shape index (κ3) is 3.69. The maximum Gasteiger partial charge on any atom is 0.308 e. The SMILES string of the molecule is CCOC(=O)C1CC1.Cl.N. The first kappa shape index (κ1) is 12.4. The molecule has 0 aromatic heterocycles. The Hall–Kier alpha value is -0.280. The molecule has 0 aliphatic heterocycles. The molecule has 0 heterocycles. The molecule has 1 fully saturated rings. The molecule has 0 atom stereocenters. The van der Waals surface area contributed by atoms with Crippen molar-refractivity contribution in [3.63, 3.8) is 0 Å². The normalized spacial score (nSPS) is 14.5. The first-order valence-electron chi connectivity index (χ1n) is 3.01. The highest BCUT2D eigenvalue weighted by Crippen LogP contribution is 2.29. The Balaban J connectivity index is 0. The van der Waals surface area contributed by atoms with Crippen LogP contribution in [0.3, 0.4) is 0 Å². The molecule has 0 aromatic rings. The van der Waals surface area contributed by atoms with E-state index in [4.69, 9.17) is 4.74 Å². The van der Waals surface area contributed by atoms with Crippen molar-refractivity contribution in [1.29, 1.82) is 0 Å². The fourth-order valence-corrected chi connectivity index (χ4v) is 0.579. The third-order valence-electron chi connectivity index (χ3n) is 1.20. The lowest BCUT2D eigenvalue weighted by Crippen LogP contribution is -2.04. The highest BCUT2D eigenvalue weighted by atomic mass is 35.5. The minimum absolute atomic E-state index is 0. The van der Waals surface area contributed by atoms with Crippen LogP contribution in [0.15, 0.2) is 0 Å². The van der Waals surface area contributed by atoms with Crippen LogP contribution in [0.2, 0.25) is 0 Å². The van der Waals surface area contributed by atoms with Crippen LogP contribution < -0.4 is 6.15 Å². The summed E-state index contributed by atoms with van der Waals surface area (Å²) in [5.41, 5.74) is 0. The van der Waals surface area contributed by atoms with Crippen molar-refractivity contribution in [3.05, 3.63) is 0 Å². The minimum Gasteiger partial charge on any atom is -0.466 e. The van der Waals surface area contributed by atoms with Gasteiger partial charge in [-0.05, 0) is 19.8 Å². The molecule has 0 unspecified atom stereocenters. The van der Waals surface area contributed by atoms with Crippen molar-refractivity contribution in [2.75, 3.05) is 6.61 Å². The number of carbonyl (C=O) groups excluding carboxylic acids is 1. The number of ether oxygens (including phenoxy) is 1. The quantitative estimate of drug-likeness (QED) is 0.635. The topological polar surface area (TPSA) is 61.3 Å². The van der Waals surface area contributed by atoms with Crippen molar-refractivity contribution in [3.8, 4) is 0 Å². The van der Waals surface area contributed by atoms with Gasteiger partial charge in [0.1, 0.15) is 0 Å². The van der Waals surface area contributed by atoms with E-state index in [2.05, 4.69) is 0 Å². The summed E-state index contributed by atoms with van der Waals surface area (Å²) < 4.78 is 4.73. The predicted molar refractivity (Wildman–Crippen MR) is 41.6 cm³/mol. The van der Waals surface area contributed by atoms with Gasteiger partial charge in [0.25, 0.3) is 0 Å². The Bertz CT molecular complexity index is 104. The largest absolute Gasteiger partial charge is 0.466 e. The smallest absolute Gasteiger partial charge is 0.308 e. The monoisotopic (exact) mass is 167 g/mol. The van der Waals surface area contributed by atoms with E-state index in [9.17, 15) is 4.79 Å². The summed E-state index contributed by atoms with van der Waals surface area (Å²) in [6.07, 6.45) is 2.08. The Morgan fingerprint density at radius 1 is 1.60 bits per heavy atom. The van der Waals surface area contributed by atoms with Gasteiger partial charge in [-0.15, -0.1) is 12.4 Å². The van der Waals surface area contributed by atoms with Crippen molar-refractivity contribution in [2.45, 2.75) is 19.8 Å². The molecule has 0 radical (unpaired) electrons. The molecule has 1 aliphatic rings. The van der Waals surface area contributed by atoms with Gasteiger partial charge in [0.2, 0.25) is 0 Å². The van der Waals surface area contributed by atoms with Crippen LogP contribution in [0, 0.1) is 5.92 Å². The molecule has 10 heavy (non-hydrogen) atoms. The number of hydrogen-bond acceptors (Lipinski definition) is 3. The zero-order valence-electron chi connectivity index (χ0n) is 6.13. The standard InChI is InChI=1S/C6H10O2.ClH.H3N/c1-2-8-6(7)5-3-4-5;;/h5H,2-4H2,1H3;1H;1H3. The zero-order valence-corrected chi connectivity index (χ0v) is 6.95. The Morgan fingerprint density at radius 2 is 2.10 bits per heavy atom. The summed E-state index contributed by atoms with van der Waals surface area (Å²) in [4.78, 5) is 10.6. The highest BCUT2D eigenvalue weighted by Gasteiger charge is 2.30. The first-order valence-corrected chi connectivity index (χ1v) is 3.01. The number of rotatable bonds is 2. The molecule has 3 N–H and O–H groups in total. The Morgan fingerprint density at radius 3 is 2.40 bits per heavy atom. The molecule has 0 spiro atoms.